The number of amides is 1. The zero-order valence-corrected chi connectivity index (χ0v) is 9.67. The van der Waals surface area contributed by atoms with E-state index in [-0.39, 0.29) is 11.9 Å². The summed E-state index contributed by atoms with van der Waals surface area (Å²) >= 11 is 0. The van der Waals surface area contributed by atoms with Gasteiger partial charge in [-0.25, -0.2) is 0 Å². The summed E-state index contributed by atoms with van der Waals surface area (Å²) in [5.74, 6) is 0.0301. The molecule has 1 aliphatic rings. The summed E-state index contributed by atoms with van der Waals surface area (Å²) in [6, 6.07) is 1.64. The summed E-state index contributed by atoms with van der Waals surface area (Å²) in [6.45, 7) is 1.60. The molecular weight excluding hydrogens is 220 g/mol. The van der Waals surface area contributed by atoms with E-state index in [1.807, 2.05) is 6.07 Å². The van der Waals surface area contributed by atoms with E-state index < -0.39 is 6.10 Å². The van der Waals surface area contributed by atoms with Crippen LogP contribution in [0.3, 0.4) is 0 Å². The molecule has 2 unspecified atom stereocenters. The van der Waals surface area contributed by atoms with Crippen LogP contribution in [0.5, 0.6) is 0 Å². The molecule has 0 saturated carbocycles. The second-order valence-corrected chi connectivity index (χ2v) is 4.28. The number of nitrogens with zero attached hydrogens (tertiary/aromatic N) is 2. The lowest BCUT2D eigenvalue weighted by Gasteiger charge is -2.24. The number of hydrogen-bond acceptors (Lipinski definition) is 4. The van der Waals surface area contributed by atoms with Crippen LogP contribution in [-0.2, 0) is 11.3 Å². The van der Waals surface area contributed by atoms with Gasteiger partial charge in [-0.1, -0.05) is 0 Å². The van der Waals surface area contributed by atoms with Crippen molar-refractivity contribution in [2.75, 3.05) is 13.1 Å². The number of nitrogens with one attached hydrogen (secondary N) is 2. The van der Waals surface area contributed by atoms with Gasteiger partial charge in [0.15, 0.2) is 0 Å². The molecule has 2 heterocycles. The SMILES string of the molecule is O=C1NCCCC1NCC(O)Cn1cccn1. The monoisotopic (exact) mass is 238 g/mol. The molecule has 2 rings (SSSR count). The first-order valence-corrected chi connectivity index (χ1v) is 5.92. The first-order valence-electron chi connectivity index (χ1n) is 5.92. The van der Waals surface area contributed by atoms with Crippen LogP contribution in [0.1, 0.15) is 12.8 Å². The first-order chi connectivity index (χ1) is 8.25. The molecule has 0 spiro atoms. The van der Waals surface area contributed by atoms with Crippen LogP contribution < -0.4 is 10.6 Å². The van der Waals surface area contributed by atoms with Crippen molar-refractivity contribution in [2.45, 2.75) is 31.5 Å². The largest absolute Gasteiger partial charge is 0.390 e. The van der Waals surface area contributed by atoms with E-state index in [9.17, 15) is 9.90 Å². The van der Waals surface area contributed by atoms with Crippen LogP contribution in [0.25, 0.3) is 0 Å². The average Bonchev–Trinajstić information content (AvgIpc) is 2.81. The zero-order chi connectivity index (χ0) is 12.1. The third kappa shape index (κ3) is 3.54. The van der Waals surface area contributed by atoms with Gasteiger partial charge in [0, 0.05) is 25.5 Å². The summed E-state index contributed by atoms with van der Waals surface area (Å²) in [5.41, 5.74) is 0. The van der Waals surface area contributed by atoms with Crippen LogP contribution in [0.4, 0.5) is 0 Å². The lowest BCUT2D eigenvalue weighted by atomic mass is 10.1. The second kappa shape index (κ2) is 5.79. The Kier molecular flexibility index (Phi) is 4.11. The zero-order valence-electron chi connectivity index (χ0n) is 9.67. The predicted octanol–water partition coefficient (Wildman–Crippen LogP) is -0.888. The molecule has 0 radical (unpaired) electrons. The number of hydrogen-bond donors (Lipinski definition) is 3. The Morgan fingerprint density at radius 3 is 3.29 bits per heavy atom. The molecule has 1 fully saturated rings. The average molecular weight is 238 g/mol. The summed E-state index contributed by atoms with van der Waals surface area (Å²) in [6.07, 6.45) is 4.76. The standard InChI is InChI=1S/C11H18N4O2/c16-9(8-15-6-2-5-14-15)7-13-10-3-1-4-12-11(10)17/h2,5-6,9-10,13,16H,1,3-4,7-8H2,(H,12,17). The quantitative estimate of drug-likeness (QED) is 0.622. The van der Waals surface area contributed by atoms with E-state index in [0.29, 0.717) is 13.1 Å². The molecule has 94 valence electrons. The van der Waals surface area contributed by atoms with Gasteiger partial charge in [0.2, 0.25) is 5.91 Å². The third-order valence-corrected chi connectivity index (χ3v) is 2.84. The third-order valence-electron chi connectivity index (χ3n) is 2.84. The van der Waals surface area contributed by atoms with Crippen molar-refractivity contribution in [1.29, 1.82) is 0 Å². The van der Waals surface area contributed by atoms with Crippen molar-refractivity contribution in [1.82, 2.24) is 20.4 Å². The van der Waals surface area contributed by atoms with Crippen molar-refractivity contribution in [3.63, 3.8) is 0 Å². The minimum Gasteiger partial charge on any atom is -0.390 e. The van der Waals surface area contributed by atoms with Gasteiger partial charge in [-0.05, 0) is 18.9 Å². The maximum absolute atomic E-state index is 11.5. The topological polar surface area (TPSA) is 79.2 Å². The molecule has 2 atom stereocenters. The molecule has 1 aromatic rings. The fourth-order valence-corrected chi connectivity index (χ4v) is 1.93. The van der Waals surface area contributed by atoms with Gasteiger partial charge in [-0.2, -0.15) is 5.10 Å². The number of carbonyl (C=O) groups excluding carboxylic acids is 1. The molecule has 1 aromatic heterocycles. The molecule has 6 heteroatoms. The van der Waals surface area contributed by atoms with Crippen molar-refractivity contribution < 1.29 is 9.90 Å². The second-order valence-electron chi connectivity index (χ2n) is 4.28. The van der Waals surface area contributed by atoms with Crippen molar-refractivity contribution in [3.8, 4) is 0 Å². The van der Waals surface area contributed by atoms with Gasteiger partial charge in [0.1, 0.15) is 0 Å². The minimum absolute atomic E-state index is 0.0301. The van der Waals surface area contributed by atoms with E-state index in [0.717, 1.165) is 19.4 Å². The molecule has 3 N–H and O–H groups in total. The van der Waals surface area contributed by atoms with E-state index in [1.54, 1.807) is 17.1 Å². The molecule has 6 nitrogen and oxygen atoms in total. The van der Waals surface area contributed by atoms with Gasteiger partial charge in [0.05, 0.1) is 18.7 Å². The number of piperidine rings is 1. The minimum atomic E-state index is -0.537. The summed E-state index contributed by atoms with van der Waals surface area (Å²) in [5, 5.41) is 19.7. The number of aromatic nitrogens is 2. The fourth-order valence-electron chi connectivity index (χ4n) is 1.93. The lowest BCUT2D eigenvalue weighted by molar-refractivity contribution is -0.124. The Balaban J connectivity index is 1.72. The van der Waals surface area contributed by atoms with Gasteiger partial charge in [-0.15, -0.1) is 0 Å². The summed E-state index contributed by atoms with van der Waals surface area (Å²) in [7, 11) is 0. The van der Waals surface area contributed by atoms with Gasteiger partial charge < -0.3 is 15.7 Å². The van der Waals surface area contributed by atoms with Crippen LogP contribution in [0, 0.1) is 0 Å². The Morgan fingerprint density at radius 2 is 2.59 bits per heavy atom. The van der Waals surface area contributed by atoms with Crippen LogP contribution >= 0.6 is 0 Å². The Bertz CT molecular complexity index is 352. The molecule has 1 saturated heterocycles. The van der Waals surface area contributed by atoms with Crippen LogP contribution in [0.2, 0.25) is 0 Å². The predicted molar refractivity (Wildman–Crippen MR) is 62.3 cm³/mol. The molecule has 0 aliphatic carbocycles. The molecule has 1 aliphatic heterocycles. The van der Waals surface area contributed by atoms with Crippen molar-refractivity contribution >= 4 is 5.91 Å². The molecule has 0 aromatic carbocycles. The Hall–Kier alpha value is -1.40. The Labute approximate surface area is 100 Å². The van der Waals surface area contributed by atoms with Crippen molar-refractivity contribution in [2.24, 2.45) is 0 Å². The maximum Gasteiger partial charge on any atom is 0.237 e. The maximum atomic E-state index is 11.5. The fraction of sp³-hybridized carbons (Fsp3) is 0.636. The smallest absolute Gasteiger partial charge is 0.237 e. The van der Waals surface area contributed by atoms with Crippen molar-refractivity contribution in [3.05, 3.63) is 18.5 Å². The number of rotatable bonds is 5. The molecule has 17 heavy (non-hydrogen) atoms. The molecule has 1 amide bonds. The normalized spacial score (nSPS) is 22.2. The highest BCUT2D eigenvalue weighted by molar-refractivity contribution is 5.82. The van der Waals surface area contributed by atoms with Gasteiger partial charge in [0.25, 0.3) is 0 Å². The Morgan fingerprint density at radius 1 is 1.71 bits per heavy atom. The highest BCUT2D eigenvalue weighted by atomic mass is 16.3. The van der Waals surface area contributed by atoms with E-state index in [1.165, 1.54) is 0 Å². The van der Waals surface area contributed by atoms with E-state index in [2.05, 4.69) is 15.7 Å². The van der Waals surface area contributed by atoms with Gasteiger partial charge >= 0.3 is 0 Å². The van der Waals surface area contributed by atoms with Crippen LogP contribution in [-0.4, -0.2) is 46.0 Å². The summed E-state index contributed by atoms with van der Waals surface area (Å²) < 4.78 is 1.67. The van der Waals surface area contributed by atoms with Crippen LogP contribution in [0.15, 0.2) is 18.5 Å². The number of carbonyl (C=O) groups is 1. The van der Waals surface area contributed by atoms with E-state index >= 15 is 0 Å². The van der Waals surface area contributed by atoms with E-state index in [4.69, 9.17) is 0 Å². The first kappa shape index (κ1) is 12.1. The number of aliphatic hydroxyl groups excluding tert-OH is 1. The number of aliphatic hydroxyl groups is 1. The van der Waals surface area contributed by atoms with Gasteiger partial charge in [-0.3, -0.25) is 9.48 Å². The highest BCUT2D eigenvalue weighted by Crippen LogP contribution is 2.02. The lowest BCUT2D eigenvalue weighted by Crippen LogP contribution is -2.50. The summed E-state index contributed by atoms with van der Waals surface area (Å²) in [4.78, 5) is 11.5. The molecule has 0 bridgehead atoms. The highest BCUT2D eigenvalue weighted by Gasteiger charge is 2.21. The molecular formula is C11H18N4O2.